The van der Waals surface area contributed by atoms with E-state index in [2.05, 4.69) is 15.0 Å². The first-order chi connectivity index (χ1) is 16.2. The van der Waals surface area contributed by atoms with Crippen LogP contribution in [0.1, 0.15) is 25.2 Å². The number of aromatic nitrogens is 3. The molecule has 0 saturated carbocycles. The van der Waals surface area contributed by atoms with Crippen LogP contribution in [0.2, 0.25) is 0 Å². The highest BCUT2D eigenvalue weighted by atomic mass is 19.2. The van der Waals surface area contributed by atoms with Gasteiger partial charge < -0.3 is 0 Å². The molecule has 0 atom stereocenters. The van der Waals surface area contributed by atoms with Crippen LogP contribution in [0.4, 0.5) is 57.1 Å². The van der Waals surface area contributed by atoms with Gasteiger partial charge in [0.2, 0.25) is 40.7 Å². The van der Waals surface area contributed by atoms with Gasteiger partial charge in [-0.2, -0.15) is 40.1 Å². The topological polar surface area (TPSA) is 38.7 Å². The minimum Gasteiger partial charge on any atom is -0.219 e. The molecule has 0 fully saturated rings. The van der Waals surface area contributed by atoms with E-state index in [-0.39, 0.29) is 12.8 Å². The van der Waals surface area contributed by atoms with Gasteiger partial charge in [0.15, 0.2) is 11.6 Å². The summed E-state index contributed by atoms with van der Waals surface area (Å²) in [6, 6.07) is 0. The van der Waals surface area contributed by atoms with E-state index < -0.39 is 87.5 Å². The zero-order valence-electron chi connectivity index (χ0n) is 17.2. The van der Waals surface area contributed by atoms with Gasteiger partial charge in [-0.05, 0) is 12.8 Å². The number of hydrogen-bond donors (Lipinski definition) is 0. The van der Waals surface area contributed by atoms with Gasteiger partial charge in [-0.15, -0.1) is 0 Å². The van der Waals surface area contributed by atoms with E-state index in [0.717, 1.165) is 0 Å². The molecule has 3 aromatic rings. The smallest absolute Gasteiger partial charge is 0.219 e. The summed E-state index contributed by atoms with van der Waals surface area (Å²) in [5.41, 5.74) is -0.821. The second-order valence-electron chi connectivity index (χ2n) is 5.92. The minimum atomic E-state index is -2.20. The highest BCUT2D eigenvalue weighted by molar-refractivity contribution is 5.12. The number of hydrogen-bond acceptors (Lipinski definition) is 3. The van der Waals surface area contributed by atoms with Gasteiger partial charge in [-0.1, -0.05) is 13.8 Å². The molecule has 192 valence electrons. The highest BCUT2D eigenvalue weighted by Gasteiger charge is 2.21. The first kappa shape index (κ1) is 29.6. The van der Waals surface area contributed by atoms with Crippen LogP contribution in [0.15, 0.2) is 0 Å². The summed E-state index contributed by atoms with van der Waals surface area (Å²) in [7, 11) is 0. The fourth-order valence-electron chi connectivity index (χ4n) is 1.99. The molecule has 0 N–H and O–H groups in total. The molecule has 3 aromatic heterocycles. The summed E-state index contributed by atoms with van der Waals surface area (Å²) in [6.45, 7) is 2.92. The second kappa shape index (κ2) is 12.3. The van der Waals surface area contributed by atoms with Crippen molar-refractivity contribution < 1.29 is 57.1 Å². The summed E-state index contributed by atoms with van der Waals surface area (Å²) in [4.78, 5) is 7.90. The van der Waals surface area contributed by atoms with Gasteiger partial charge in [0, 0.05) is 0 Å². The van der Waals surface area contributed by atoms with Crippen molar-refractivity contribution in [3.63, 3.8) is 0 Å². The Labute approximate surface area is 187 Å². The van der Waals surface area contributed by atoms with Crippen molar-refractivity contribution in [1.29, 1.82) is 0 Å². The Hall–Kier alpha value is -3.46. The Morgan fingerprint density at radius 1 is 0.343 bits per heavy atom. The van der Waals surface area contributed by atoms with E-state index in [1.165, 1.54) is 13.8 Å². The Balaban J connectivity index is 0.000000263. The summed E-state index contributed by atoms with van der Waals surface area (Å²) >= 11 is 0. The van der Waals surface area contributed by atoms with E-state index in [4.69, 9.17) is 0 Å². The average Bonchev–Trinajstić information content (AvgIpc) is 2.84. The molecule has 3 heterocycles. The van der Waals surface area contributed by atoms with Crippen LogP contribution in [0, 0.1) is 76.1 Å². The molecule has 0 radical (unpaired) electrons. The van der Waals surface area contributed by atoms with Crippen molar-refractivity contribution >= 4 is 0 Å². The summed E-state index contributed by atoms with van der Waals surface area (Å²) < 4.78 is 159. The highest BCUT2D eigenvalue weighted by Crippen LogP contribution is 2.17. The van der Waals surface area contributed by atoms with Crippen LogP contribution >= 0.6 is 0 Å². The standard InChI is InChI=1S/2C7H5F4N.C5F5N/c2*1-2-3-4(8)5(9)6(10)7(11)12-3;6-1-2(7)4(9)11-5(10)3(1)8/h2*2H2,1H3;. The maximum Gasteiger partial charge on any atom is 0.254 e. The Bertz CT molecular complexity index is 1130. The predicted octanol–water partition coefficient (Wildman–Crippen LogP) is 6.18. The van der Waals surface area contributed by atoms with Gasteiger partial charge in [-0.3, -0.25) is 0 Å². The van der Waals surface area contributed by atoms with E-state index in [1.807, 2.05) is 0 Å². The number of halogens is 13. The molecule has 3 rings (SSSR count). The molecule has 0 aliphatic carbocycles. The van der Waals surface area contributed by atoms with Gasteiger partial charge in [0.1, 0.15) is 0 Å². The second-order valence-corrected chi connectivity index (χ2v) is 5.92. The lowest BCUT2D eigenvalue weighted by molar-refractivity contribution is 0.348. The van der Waals surface area contributed by atoms with Gasteiger partial charge in [0.25, 0.3) is 23.8 Å². The Kier molecular flexibility index (Phi) is 10.4. The quantitative estimate of drug-likeness (QED) is 0.295. The van der Waals surface area contributed by atoms with Gasteiger partial charge in [0.05, 0.1) is 11.4 Å². The van der Waals surface area contributed by atoms with Crippen molar-refractivity contribution in [2.45, 2.75) is 26.7 Å². The number of nitrogens with zero attached hydrogens (tertiary/aromatic N) is 3. The molecular formula is C19H10F13N3. The third-order valence-electron chi connectivity index (χ3n) is 3.72. The van der Waals surface area contributed by atoms with Crippen LogP contribution in [0.3, 0.4) is 0 Å². The average molecular weight is 527 g/mol. The van der Waals surface area contributed by atoms with Crippen LogP contribution in [-0.2, 0) is 12.8 Å². The van der Waals surface area contributed by atoms with Crippen molar-refractivity contribution in [2.75, 3.05) is 0 Å². The van der Waals surface area contributed by atoms with E-state index >= 15 is 0 Å². The first-order valence-electron chi connectivity index (χ1n) is 8.92. The molecule has 0 aliphatic rings. The summed E-state index contributed by atoms with van der Waals surface area (Å²) in [5, 5.41) is 0. The molecule has 0 spiro atoms. The summed E-state index contributed by atoms with van der Waals surface area (Å²) in [5.74, 6) is -23.8. The SMILES string of the molecule is CCc1nc(F)c(F)c(F)c1F.CCc1nc(F)c(F)c(F)c1F.Fc1nc(F)c(F)c(F)c1F. The number of pyridine rings is 3. The van der Waals surface area contributed by atoms with Crippen LogP contribution in [-0.4, -0.2) is 15.0 Å². The van der Waals surface area contributed by atoms with Crippen LogP contribution in [0.5, 0.6) is 0 Å². The van der Waals surface area contributed by atoms with Gasteiger partial charge >= 0.3 is 0 Å². The monoisotopic (exact) mass is 527 g/mol. The minimum absolute atomic E-state index is 0.0138. The van der Waals surface area contributed by atoms with Crippen LogP contribution < -0.4 is 0 Å². The van der Waals surface area contributed by atoms with Gasteiger partial charge in [-0.25, -0.2) is 31.9 Å². The lowest BCUT2D eigenvalue weighted by Crippen LogP contribution is -2.04. The number of aryl methyl sites for hydroxylation is 2. The zero-order valence-corrected chi connectivity index (χ0v) is 17.2. The Morgan fingerprint density at radius 2 is 0.571 bits per heavy atom. The molecule has 0 aromatic carbocycles. The fourth-order valence-corrected chi connectivity index (χ4v) is 1.99. The third-order valence-corrected chi connectivity index (χ3v) is 3.72. The van der Waals surface area contributed by atoms with Crippen molar-refractivity contribution in [2.24, 2.45) is 0 Å². The van der Waals surface area contributed by atoms with Crippen molar-refractivity contribution in [3.8, 4) is 0 Å². The summed E-state index contributed by atoms with van der Waals surface area (Å²) in [6.07, 6.45) is 0.0277. The molecule has 3 nitrogen and oxygen atoms in total. The van der Waals surface area contributed by atoms with Crippen molar-refractivity contribution in [1.82, 2.24) is 15.0 Å². The molecule has 0 unspecified atom stereocenters. The predicted molar refractivity (Wildman–Crippen MR) is 90.9 cm³/mol. The lowest BCUT2D eigenvalue weighted by atomic mass is 10.2. The largest absolute Gasteiger partial charge is 0.254 e. The molecule has 0 amide bonds. The maximum absolute atomic E-state index is 12.6. The molecule has 16 heteroatoms. The van der Waals surface area contributed by atoms with E-state index in [9.17, 15) is 57.1 Å². The molecule has 0 aliphatic heterocycles. The number of rotatable bonds is 2. The maximum atomic E-state index is 12.6. The Morgan fingerprint density at radius 3 is 0.829 bits per heavy atom. The zero-order chi connectivity index (χ0) is 27.2. The first-order valence-corrected chi connectivity index (χ1v) is 8.92. The molecule has 0 saturated heterocycles. The third kappa shape index (κ3) is 6.79. The molecule has 35 heavy (non-hydrogen) atoms. The molecular weight excluding hydrogens is 517 g/mol. The van der Waals surface area contributed by atoms with E-state index in [1.54, 1.807) is 0 Å². The van der Waals surface area contributed by atoms with Crippen molar-refractivity contribution in [3.05, 3.63) is 87.5 Å². The van der Waals surface area contributed by atoms with Crippen LogP contribution in [0.25, 0.3) is 0 Å². The lowest BCUT2D eigenvalue weighted by Gasteiger charge is -2.00. The fraction of sp³-hybridized carbons (Fsp3) is 0.211. The normalized spacial score (nSPS) is 10.4. The van der Waals surface area contributed by atoms with E-state index in [0.29, 0.717) is 0 Å². The molecule has 0 bridgehead atoms.